The van der Waals surface area contributed by atoms with Gasteiger partial charge in [-0.3, -0.25) is 4.79 Å². The van der Waals surface area contributed by atoms with Gasteiger partial charge in [0, 0.05) is 6.42 Å². The first kappa shape index (κ1) is 13.4. The summed E-state index contributed by atoms with van der Waals surface area (Å²) in [6, 6.07) is 0. The van der Waals surface area contributed by atoms with Crippen molar-refractivity contribution in [3.63, 3.8) is 0 Å². The van der Waals surface area contributed by atoms with Crippen LogP contribution in [0, 0.1) is 0 Å². The van der Waals surface area contributed by atoms with Crippen LogP contribution in [0.15, 0.2) is 5.57 Å². The highest BCUT2D eigenvalue weighted by Crippen LogP contribution is 2.05. The van der Waals surface area contributed by atoms with E-state index >= 15 is 0 Å². The summed E-state index contributed by atoms with van der Waals surface area (Å²) in [7, 11) is 0. The van der Waals surface area contributed by atoms with Gasteiger partial charge >= 0.3 is 11.9 Å². The highest BCUT2D eigenvalue weighted by molar-refractivity contribution is 5.97. The lowest BCUT2D eigenvalue weighted by atomic mass is 10.1. The van der Waals surface area contributed by atoms with E-state index in [9.17, 15) is 14.4 Å². The maximum Gasteiger partial charge on any atom is 0.345 e. The average molecular weight is 214 g/mol. The Morgan fingerprint density at radius 3 is 2.13 bits per heavy atom. The van der Waals surface area contributed by atoms with Crippen LogP contribution in [-0.4, -0.2) is 31.1 Å². The Balaban J connectivity index is 4.08. The lowest BCUT2D eigenvalue weighted by molar-refractivity contribution is -0.143. The van der Waals surface area contributed by atoms with Gasteiger partial charge in [-0.2, -0.15) is 0 Å². The molecule has 0 aromatic rings. The average Bonchev–Trinajstić information content (AvgIpc) is 2.19. The van der Waals surface area contributed by atoms with Crippen LogP contribution in [0.1, 0.15) is 26.7 Å². The molecular formula is C10H14O5. The number of carbonyl (C=O) groups excluding carboxylic acids is 3. The number of hydrogen-bond acceptors (Lipinski definition) is 5. The molecule has 0 saturated heterocycles. The van der Waals surface area contributed by atoms with E-state index in [1.165, 1.54) is 5.94 Å². The first-order chi connectivity index (χ1) is 7.15. The van der Waals surface area contributed by atoms with Crippen molar-refractivity contribution < 1.29 is 23.9 Å². The fraction of sp³-hybridized carbons (Fsp3) is 0.600. The fourth-order valence-corrected chi connectivity index (χ4v) is 0.873. The van der Waals surface area contributed by atoms with Crippen LogP contribution in [0.4, 0.5) is 0 Å². The minimum Gasteiger partial charge on any atom is -0.466 e. The standard InChI is InChI=1S/C10H14O5/c1-3-14-9(12)6-5-8(7-11)10(13)15-4-2/h3-6H2,1-2H3. The van der Waals surface area contributed by atoms with Crippen LogP contribution in [0.25, 0.3) is 0 Å². The molecule has 84 valence electrons. The zero-order valence-corrected chi connectivity index (χ0v) is 8.87. The predicted molar refractivity (Wildman–Crippen MR) is 51.7 cm³/mol. The number of hydrogen-bond donors (Lipinski definition) is 0. The van der Waals surface area contributed by atoms with E-state index < -0.39 is 11.9 Å². The van der Waals surface area contributed by atoms with Gasteiger partial charge in [0.05, 0.1) is 19.6 Å². The van der Waals surface area contributed by atoms with E-state index in [-0.39, 0.29) is 31.6 Å². The summed E-state index contributed by atoms with van der Waals surface area (Å²) in [5.74, 6) is 0.294. The van der Waals surface area contributed by atoms with Crippen LogP contribution in [-0.2, 0) is 23.9 Å². The Hall–Kier alpha value is -1.61. The molecular weight excluding hydrogens is 200 g/mol. The third kappa shape index (κ3) is 5.65. The minimum absolute atomic E-state index is 0.00116. The topological polar surface area (TPSA) is 69.7 Å². The Morgan fingerprint density at radius 2 is 1.67 bits per heavy atom. The molecule has 0 amide bonds. The van der Waals surface area contributed by atoms with Crippen molar-refractivity contribution in [2.45, 2.75) is 26.7 Å². The monoisotopic (exact) mass is 214 g/mol. The molecule has 0 aliphatic rings. The largest absolute Gasteiger partial charge is 0.466 e. The Morgan fingerprint density at radius 1 is 1.07 bits per heavy atom. The van der Waals surface area contributed by atoms with Gasteiger partial charge in [0.1, 0.15) is 11.5 Å². The van der Waals surface area contributed by atoms with Crippen molar-refractivity contribution in [2.24, 2.45) is 0 Å². The number of rotatable bonds is 6. The maximum atomic E-state index is 11.1. The van der Waals surface area contributed by atoms with E-state index in [4.69, 9.17) is 0 Å². The number of esters is 2. The van der Waals surface area contributed by atoms with Gasteiger partial charge < -0.3 is 9.47 Å². The normalized spacial score (nSPS) is 8.93. The highest BCUT2D eigenvalue weighted by Gasteiger charge is 2.14. The van der Waals surface area contributed by atoms with E-state index in [2.05, 4.69) is 9.47 Å². The van der Waals surface area contributed by atoms with E-state index in [1.54, 1.807) is 13.8 Å². The second-order valence-electron chi connectivity index (χ2n) is 2.61. The van der Waals surface area contributed by atoms with E-state index in [0.29, 0.717) is 0 Å². The van der Waals surface area contributed by atoms with Gasteiger partial charge in [-0.05, 0) is 13.8 Å². The van der Waals surface area contributed by atoms with Gasteiger partial charge in [0.25, 0.3) is 0 Å². The molecule has 0 unspecified atom stereocenters. The van der Waals surface area contributed by atoms with Gasteiger partial charge in [-0.15, -0.1) is 0 Å². The molecule has 5 heteroatoms. The van der Waals surface area contributed by atoms with Crippen molar-refractivity contribution in [3.8, 4) is 0 Å². The summed E-state index contributed by atoms with van der Waals surface area (Å²) in [6.45, 7) is 3.77. The molecule has 0 fully saturated rings. The molecule has 0 bridgehead atoms. The Kier molecular flexibility index (Phi) is 6.93. The molecule has 0 saturated carbocycles. The van der Waals surface area contributed by atoms with Gasteiger partial charge in [0.2, 0.25) is 0 Å². The molecule has 0 aliphatic carbocycles. The second-order valence-corrected chi connectivity index (χ2v) is 2.61. The van der Waals surface area contributed by atoms with Gasteiger partial charge in [-0.25, -0.2) is 9.59 Å². The quantitative estimate of drug-likeness (QED) is 0.369. The van der Waals surface area contributed by atoms with Gasteiger partial charge in [0.15, 0.2) is 0 Å². The molecule has 0 atom stereocenters. The molecule has 0 N–H and O–H groups in total. The first-order valence-electron chi connectivity index (χ1n) is 4.72. The summed E-state index contributed by atoms with van der Waals surface area (Å²) in [4.78, 5) is 32.4. The molecule has 5 nitrogen and oxygen atoms in total. The predicted octanol–water partition coefficient (Wildman–Crippen LogP) is 0.651. The third-order valence-electron chi connectivity index (χ3n) is 1.53. The fourth-order valence-electron chi connectivity index (χ4n) is 0.873. The molecule has 15 heavy (non-hydrogen) atoms. The summed E-state index contributed by atoms with van der Waals surface area (Å²) in [5.41, 5.74) is -0.162. The minimum atomic E-state index is -0.725. The Labute approximate surface area is 88.0 Å². The molecule has 0 aromatic heterocycles. The lowest BCUT2D eigenvalue weighted by Gasteiger charge is -2.03. The number of carbonyl (C=O) groups is 2. The SMILES string of the molecule is CCOC(=O)CCC(=C=O)C(=O)OCC. The van der Waals surface area contributed by atoms with Crippen LogP contribution in [0.3, 0.4) is 0 Å². The zero-order chi connectivity index (χ0) is 11.7. The smallest absolute Gasteiger partial charge is 0.345 e. The molecule has 0 radical (unpaired) electrons. The molecule has 0 rings (SSSR count). The summed E-state index contributed by atoms with van der Waals surface area (Å²) in [6.07, 6.45) is -0.0155. The lowest BCUT2D eigenvalue weighted by Crippen LogP contribution is -2.11. The van der Waals surface area contributed by atoms with Crippen molar-refractivity contribution in [1.29, 1.82) is 0 Å². The summed E-state index contributed by atoms with van der Waals surface area (Å²) < 4.78 is 9.24. The van der Waals surface area contributed by atoms with Crippen LogP contribution in [0.2, 0.25) is 0 Å². The highest BCUT2D eigenvalue weighted by atomic mass is 16.5. The van der Waals surface area contributed by atoms with Gasteiger partial charge in [-0.1, -0.05) is 0 Å². The van der Waals surface area contributed by atoms with Crippen LogP contribution in [0.5, 0.6) is 0 Å². The third-order valence-corrected chi connectivity index (χ3v) is 1.53. The van der Waals surface area contributed by atoms with E-state index in [1.807, 2.05) is 0 Å². The van der Waals surface area contributed by atoms with Crippen molar-refractivity contribution in [2.75, 3.05) is 13.2 Å². The molecule has 0 aliphatic heterocycles. The molecule has 0 aromatic carbocycles. The zero-order valence-electron chi connectivity index (χ0n) is 8.87. The van der Waals surface area contributed by atoms with Crippen molar-refractivity contribution in [1.82, 2.24) is 0 Å². The summed E-state index contributed by atoms with van der Waals surface area (Å²) in [5, 5.41) is 0. The van der Waals surface area contributed by atoms with Crippen molar-refractivity contribution >= 4 is 17.9 Å². The molecule has 0 spiro atoms. The summed E-state index contributed by atoms with van der Waals surface area (Å²) >= 11 is 0. The van der Waals surface area contributed by atoms with Crippen LogP contribution >= 0.6 is 0 Å². The maximum absolute atomic E-state index is 11.1. The Bertz CT molecular complexity index is 276. The number of ether oxygens (including phenoxy) is 2. The molecule has 0 heterocycles. The first-order valence-corrected chi connectivity index (χ1v) is 4.72. The van der Waals surface area contributed by atoms with Crippen LogP contribution < -0.4 is 0 Å². The second kappa shape index (κ2) is 7.76. The van der Waals surface area contributed by atoms with Crippen molar-refractivity contribution in [3.05, 3.63) is 5.57 Å². The van der Waals surface area contributed by atoms with E-state index in [0.717, 1.165) is 0 Å².